The summed E-state index contributed by atoms with van der Waals surface area (Å²) in [5, 5.41) is 0.801. The molecule has 3 heteroatoms. The fourth-order valence-corrected chi connectivity index (χ4v) is 2.35. The normalized spacial score (nSPS) is 10.3. The van der Waals surface area contributed by atoms with Crippen molar-refractivity contribution in [1.29, 1.82) is 0 Å². The van der Waals surface area contributed by atoms with Gasteiger partial charge in [0.15, 0.2) is 0 Å². The van der Waals surface area contributed by atoms with E-state index in [1.807, 2.05) is 62.5 Å². The third kappa shape index (κ3) is 3.04. The Morgan fingerprint density at radius 2 is 1.74 bits per heavy atom. The predicted molar refractivity (Wildman–Crippen MR) is 83.0 cm³/mol. The van der Waals surface area contributed by atoms with E-state index in [4.69, 9.17) is 0 Å². The fraction of sp³-hybridized carbons (Fsp3) is 0.188. The molecule has 0 atom stereocenters. The van der Waals surface area contributed by atoms with Crippen LogP contribution in [0.2, 0.25) is 0 Å². The van der Waals surface area contributed by atoms with Crippen molar-refractivity contribution >= 4 is 27.5 Å². The number of benzene rings is 2. The van der Waals surface area contributed by atoms with Crippen molar-refractivity contribution in [3.8, 4) is 0 Å². The third-order valence-electron chi connectivity index (χ3n) is 3.14. The van der Waals surface area contributed by atoms with Gasteiger partial charge in [0, 0.05) is 23.6 Å². The Labute approximate surface area is 122 Å². The van der Waals surface area contributed by atoms with E-state index < -0.39 is 0 Å². The lowest BCUT2D eigenvalue weighted by Gasteiger charge is -2.19. The van der Waals surface area contributed by atoms with Crippen LogP contribution in [0, 0.1) is 6.92 Å². The van der Waals surface area contributed by atoms with Gasteiger partial charge in [-0.25, -0.2) is 0 Å². The molecule has 98 valence electrons. The number of nitrogens with zero attached hydrogens (tertiary/aromatic N) is 1. The van der Waals surface area contributed by atoms with Gasteiger partial charge in [-0.1, -0.05) is 46.3 Å². The molecule has 19 heavy (non-hydrogen) atoms. The van der Waals surface area contributed by atoms with E-state index in [0.29, 0.717) is 5.56 Å². The summed E-state index contributed by atoms with van der Waals surface area (Å²) >= 11 is 3.40. The second-order valence-corrected chi connectivity index (χ2v) is 5.04. The number of carbonyl (C=O) groups is 1. The molecule has 0 spiro atoms. The van der Waals surface area contributed by atoms with Gasteiger partial charge in [-0.2, -0.15) is 0 Å². The van der Waals surface area contributed by atoms with Gasteiger partial charge in [0.1, 0.15) is 0 Å². The Hall–Kier alpha value is -1.61. The molecule has 2 aromatic rings. The van der Waals surface area contributed by atoms with Gasteiger partial charge in [0.2, 0.25) is 0 Å². The number of hydrogen-bond donors (Lipinski definition) is 0. The number of amides is 1. The molecule has 0 aliphatic rings. The maximum absolute atomic E-state index is 12.4. The van der Waals surface area contributed by atoms with Crippen LogP contribution in [0.15, 0.2) is 48.5 Å². The van der Waals surface area contributed by atoms with Crippen molar-refractivity contribution in [3.05, 3.63) is 65.2 Å². The number of hydrogen-bond acceptors (Lipinski definition) is 1. The van der Waals surface area contributed by atoms with Crippen LogP contribution in [0.1, 0.15) is 21.5 Å². The smallest absolute Gasteiger partial charge is 0.258 e. The zero-order chi connectivity index (χ0) is 13.8. The van der Waals surface area contributed by atoms with Crippen molar-refractivity contribution in [1.82, 2.24) is 0 Å². The first-order valence-corrected chi connectivity index (χ1v) is 7.24. The van der Waals surface area contributed by atoms with Crippen LogP contribution in [0.25, 0.3) is 0 Å². The number of rotatable bonds is 3. The van der Waals surface area contributed by atoms with E-state index >= 15 is 0 Å². The zero-order valence-corrected chi connectivity index (χ0v) is 12.6. The zero-order valence-electron chi connectivity index (χ0n) is 11.1. The Morgan fingerprint density at radius 1 is 1.11 bits per heavy atom. The largest absolute Gasteiger partial charge is 0.311 e. The molecule has 2 nitrogen and oxygen atoms in total. The summed E-state index contributed by atoms with van der Waals surface area (Å²) in [5.74, 6) is 0.00965. The maximum Gasteiger partial charge on any atom is 0.258 e. The Balaban J connectivity index is 2.26. The van der Waals surface area contributed by atoms with Gasteiger partial charge in [0.25, 0.3) is 5.91 Å². The van der Waals surface area contributed by atoms with E-state index in [1.165, 1.54) is 0 Å². The summed E-state index contributed by atoms with van der Waals surface area (Å²) in [5.41, 5.74) is 3.90. The van der Waals surface area contributed by atoms with Crippen LogP contribution < -0.4 is 4.90 Å². The van der Waals surface area contributed by atoms with Crippen LogP contribution in [0.4, 0.5) is 5.69 Å². The van der Waals surface area contributed by atoms with Crippen LogP contribution in [0.5, 0.6) is 0 Å². The molecule has 0 radical (unpaired) electrons. The van der Waals surface area contributed by atoms with Gasteiger partial charge in [-0.15, -0.1) is 0 Å². The van der Waals surface area contributed by atoms with Gasteiger partial charge < -0.3 is 4.90 Å². The summed E-state index contributed by atoms with van der Waals surface area (Å²) in [6.45, 7) is 2.01. The molecule has 0 bridgehead atoms. The molecular formula is C16H16BrNO. The summed E-state index contributed by atoms with van der Waals surface area (Å²) in [4.78, 5) is 14.1. The average Bonchev–Trinajstić information content (AvgIpc) is 2.46. The Kier molecular flexibility index (Phi) is 4.38. The summed E-state index contributed by atoms with van der Waals surface area (Å²) < 4.78 is 0. The van der Waals surface area contributed by atoms with Crippen LogP contribution >= 0.6 is 15.9 Å². The molecule has 0 aromatic heterocycles. The lowest BCUT2D eigenvalue weighted by atomic mass is 10.1. The summed E-state index contributed by atoms with van der Waals surface area (Å²) in [6.07, 6.45) is 0. The number of para-hydroxylation sites is 1. The second-order valence-electron chi connectivity index (χ2n) is 4.48. The molecule has 0 heterocycles. The Bertz CT molecular complexity index is 578. The molecule has 2 rings (SSSR count). The maximum atomic E-state index is 12.4. The number of alkyl halides is 1. The number of halogens is 1. The van der Waals surface area contributed by atoms with E-state index in [9.17, 15) is 4.79 Å². The van der Waals surface area contributed by atoms with Gasteiger partial charge in [-0.3, -0.25) is 4.79 Å². The molecule has 0 aliphatic carbocycles. The average molecular weight is 318 g/mol. The van der Waals surface area contributed by atoms with Crippen molar-refractivity contribution in [2.75, 3.05) is 11.9 Å². The van der Waals surface area contributed by atoms with E-state index in [-0.39, 0.29) is 5.91 Å². The fourth-order valence-electron chi connectivity index (χ4n) is 1.98. The summed E-state index contributed by atoms with van der Waals surface area (Å²) in [6, 6.07) is 15.6. The monoisotopic (exact) mass is 317 g/mol. The van der Waals surface area contributed by atoms with Crippen LogP contribution in [0.3, 0.4) is 0 Å². The minimum Gasteiger partial charge on any atom is -0.311 e. The SMILES string of the molecule is Cc1ccccc1N(C)C(=O)c1ccc(CBr)cc1. The highest BCUT2D eigenvalue weighted by molar-refractivity contribution is 9.08. The molecule has 2 aromatic carbocycles. The molecule has 0 saturated heterocycles. The van der Waals surface area contributed by atoms with Crippen LogP contribution in [-0.2, 0) is 5.33 Å². The van der Waals surface area contributed by atoms with Crippen molar-refractivity contribution in [2.24, 2.45) is 0 Å². The van der Waals surface area contributed by atoms with E-state index in [0.717, 1.165) is 22.1 Å². The second kappa shape index (κ2) is 6.02. The van der Waals surface area contributed by atoms with Crippen molar-refractivity contribution < 1.29 is 4.79 Å². The quantitative estimate of drug-likeness (QED) is 0.778. The van der Waals surface area contributed by atoms with Crippen LogP contribution in [-0.4, -0.2) is 13.0 Å². The van der Waals surface area contributed by atoms with E-state index in [1.54, 1.807) is 4.90 Å². The minimum atomic E-state index is 0.00965. The third-order valence-corrected chi connectivity index (χ3v) is 3.78. The first kappa shape index (κ1) is 13.8. The lowest BCUT2D eigenvalue weighted by Crippen LogP contribution is -2.26. The highest BCUT2D eigenvalue weighted by Crippen LogP contribution is 2.20. The van der Waals surface area contributed by atoms with Gasteiger partial charge >= 0.3 is 0 Å². The van der Waals surface area contributed by atoms with Gasteiger partial charge in [-0.05, 0) is 36.2 Å². The van der Waals surface area contributed by atoms with Crippen molar-refractivity contribution in [2.45, 2.75) is 12.3 Å². The number of carbonyl (C=O) groups excluding carboxylic acids is 1. The molecular weight excluding hydrogens is 302 g/mol. The van der Waals surface area contributed by atoms with Crippen molar-refractivity contribution in [3.63, 3.8) is 0 Å². The molecule has 0 aliphatic heterocycles. The predicted octanol–water partition coefficient (Wildman–Crippen LogP) is 4.17. The molecule has 0 saturated carbocycles. The number of anilines is 1. The van der Waals surface area contributed by atoms with Gasteiger partial charge in [0.05, 0.1) is 0 Å². The first-order chi connectivity index (χ1) is 9.13. The molecule has 0 N–H and O–H groups in total. The molecule has 0 unspecified atom stereocenters. The standard InChI is InChI=1S/C16H16BrNO/c1-12-5-3-4-6-15(12)18(2)16(19)14-9-7-13(11-17)8-10-14/h3-10H,11H2,1-2H3. The highest BCUT2D eigenvalue weighted by Gasteiger charge is 2.14. The minimum absolute atomic E-state index is 0.00965. The highest BCUT2D eigenvalue weighted by atomic mass is 79.9. The Morgan fingerprint density at radius 3 is 2.32 bits per heavy atom. The first-order valence-electron chi connectivity index (χ1n) is 6.12. The molecule has 0 fully saturated rings. The topological polar surface area (TPSA) is 20.3 Å². The lowest BCUT2D eigenvalue weighted by molar-refractivity contribution is 0.0993. The summed E-state index contributed by atoms with van der Waals surface area (Å²) in [7, 11) is 1.81. The number of aryl methyl sites for hydroxylation is 1. The van der Waals surface area contributed by atoms with E-state index in [2.05, 4.69) is 15.9 Å². The molecule has 1 amide bonds.